The van der Waals surface area contributed by atoms with Gasteiger partial charge < -0.3 is 9.47 Å². The van der Waals surface area contributed by atoms with Crippen LogP contribution < -0.4 is 10.1 Å². The number of alkyl carbamates (subject to hydrolysis) is 1. The highest BCUT2D eigenvalue weighted by Gasteiger charge is 2.29. The van der Waals surface area contributed by atoms with Gasteiger partial charge in [-0.15, -0.1) is 0 Å². The van der Waals surface area contributed by atoms with E-state index in [0.717, 1.165) is 6.08 Å². The monoisotopic (exact) mass is 367 g/mol. The molecule has 0 radical (unpaired) electrons. The maximum Gasteiger partial charge on any atom is 0.412 e. The van der Waals surface area contributed by atoms with Crippen LogP contribution >= 0.6 is 0 Å². The fourth-order valence-corrected chi connectivity index (χ4v) is 1.48. The van der Waals surface area contributed by atoms with E-state index in [-0.39, 0.29) is 0 Å². The SMILES string of the molecule is CC=C(NC(=O)OC(C)(C)C)C(=O)Oc1c(F)c(F)c(F)c(F)c1F. The summed E-state index contributed by atoms with van der Waals surface area (Å²) in [5.74, 6) is -14.9. The minimum Gasteiger partial charge on any atom is -0.444 e. The fraction of sp³-hybridized carbons (Fsp3) is 0.333. The molecule has 0 aliphatic carbocycles. The van der Waals surface area contributed by atoms with Gasteiger partial charge in [-0.3, -0.25) is 5.32 Å². The number of hydrogen-bond donors (Lipinski definition) is 1. The van der Waals surface area contributed by atoms with Crippen molar-refractivity contribution in [1.29, 1.82) is 0 Å². The van der Waals surface area contributed by atoms with Gasteiger partial charge >= 0.3 is 12.1 Å². The lowest BCUT2D eigenvalue weighted by molar-refractivity contribution is -0.131. The van der Waals surface area contributed by atoms with E-state index >= 15 is 0 Å². The van der Waals surface area contributed by atoms with E-state index in [1.807, 2.05) is 5.32 Å². The number of carbonyl (C=O) groups excluding carboxylic acids is 2. The lowest BCUT2D eigenvalue weighted by Crippen LogP contribution is -2.35. The second-order valence-electron chi connectivity index (χ2n) is 5.62. The van der Waals surface area contributed by atoms with Crippen LogP contribution in [0.3, 0.4) is 0 Å². The molecule has 5 nitrogen and oxygen atoms in total. The first-order chi connectivity index (χ1) is 11.4. The molecule has 1 aromatic rings. The van der Waals surface area contributed by atoms with Crippen LogP contribution in [-0.2, 0) is 9.53 Å². The predicted octanol–water partition coefficient (Wildman–Crippen LogP) is 3.72. The Morgan fingerprint density at radius 3 is 1.76 bits per heavy atom. The Balaban J connectivity index is 3.04. The summed E-state index contributed by atoms with van der Waals surface area (Å²) in [5.41, 5.74) is -1.54. The van der Waals surface area contributed by atoms with Crippen LogP contribution in [0.1, 0.15) is 27.7 Å². The zero-order valence-corrected chi connectivity index (χ0v) is 13.6. The van der Waals surface area contributed by atoms with Gasteiger partial charge in [0.1, 0.15) is 11.3 Å². The summed E-state index contributed by atoms with van der Waals surface area (Å²) in [5, 5.41) is 1.94. The summed E-state index contributed by atoms with van der Waals surface area (Å²) < 4.78 is 75.1. The molecule has 0 unspecified atom stereocenters. The van der Waals surface area contributed by atoms with E-state index in [1.165, 1.54) is 27.7 Å². The molecule has 0 saturated carbocycles. The average Bonchev–Trinajstić information content (AvgIpc) is 2.51. The van der Waals surface area contributed by atoms with Gasteiger partial charge in [-0.25, -0.2) is 22.8 Å². The molecule has 0 saturated heterocycles. The first-order valence-corrected chi connectivity index (χ1v) is 6.79. The Kier molecular flexibility index (Phi) is 6.11. The molecule has 138 valence electrons. The third-order valence-electron chi connectivity index (χ3n) is 2.51. The molecule has 0 atom stereocenters. The maximum atomic E-state index is 13.5. The Hall–Kier alpha value is -2.65. The summed E-state index contributed by atoms with van der Waals surface area (Å²) in [6, 6.07) is 0. The van der Waals surface area contributed by atoms with Crippen LogP contribution in [0.25, 0.3) is 0 Å². The second kappa shape index (κ2) is 7.49. The van der Waals surface area contributed by atoms with Crippen LogP contribution in [0.15, 0.2) is 11.8 Å². The number of benzene rings is 1. The second-order valence-corrected chi connectivity index (χ2v) is 5.62. The van der Waals surface area contributed by atoms with Crippen molar-refractivity contribution in [2.24, 2.45) is 0 Å². The molecule has 10 heteroatoms. The zero-order valence-electron chi connectivity index (χ0n) is 13.6. The van der Waals surface area contributed by atoms with Crippen LogP contribution in [0.5, 0.6) is 5.75 Å². The number of nitrogens with one attached hydrogen (secondary N) is 1. The average molecular weight is 367 g/mol. The molecule has 25 heavy (non-hydrogen) atoms. The van der Waals surface area contributed by atoms with E-state index in [4.69, 9.17) is 4.74 Å². The number of esters is 1. The number of allylic oxidation sites excluding steroid dienone is 1. The maximum absolute atomic E-state index is 13.5. The lowest BCUT2D eigenvalue weighted by Gasteiger charge is -2.20. The summed E-state index contributed by atoms with van der Waals surface area (Å²) in [6.45, 7) is 5.87. The molecular weight excluding hydrogens is 353 g/mol. The van der Waals surface area contributed by atoms with Crippen LogP contribution in [0, 0.1) is 29.1 Å². The molecule has 1 aromatic carbocycles. The zero-order chi connectivity index (χ0) is 19.5. The molecule has 0 heterocycles. The minimum absolute atomic E-state index is 0.627. The van der Waals surface area contributed by atoms with Gasteiger partial charge in [0.2, 0.25) is 34.8 Å². The lowest BCUT2D eigenvalue weighted by atomic mass is 10.2. The Morgan fingerprint density at radius 1 is 0.920 bits per heavy atom. The molecule has 1 rings (SSSR count). The predicted molar refractivity (Wildman–Crippen MR) is 75.0 cm³/mol. The van der Waals surface area contributed by atoms with Crippen LogP contribution in [-0.4, -0.2) is 17.7 Å². The first kappa shape index (κ1) is 20.4. The van der Waals surface area contributed by atoms with Crippen LogP contribution in [0.4, 0.5) is 26.7 Å². The summed E-state index contributed by atoms with van der Waals surface area (Å²) >= 11 is 0. The molecular formula is C15H14F5NO4. The molecule has 0 spiro atoms. The minimum atomic E-state index is -2.40. The number of rotatable bonds is 3. The van der Waals surface area contributed by atoms with E-state index in [1.54, 1.807) is 0 Å². The number of halogens is 5. The van der Waals surface area contributed by atoms with Gasteiger partial charge in [0, 0.05) is 0 Å². The van der Waals surface area contributed by atoms with Gasteiger partial charge in [-0.1, -0.05) is 6.08 Å². The first-order valence-electron chi connectivity index (χ1n) is 6.79. The van der Waals surface area contributed by atoms with Crippen molar-refractivity contribution in [2.45, 2.75) is 33.3 Å². The highest BCUT2D eigenvalue weighted by Crippen LogP contribution is 2.29. The van der Waals surface area contributed by atoms with Crippen molar-refractivity contribution in [3.63, 3.8) is 0 Å². The van der Waals surface area contributed by atoms with E-state index in [2.05, 4.69) is 4.74 Å². The highest BCUT2D eigenvalue weighted by molar-refractivity contribution is 5.93. The van der Waals surface area contributed by atoms with E-state index in [9.17, 15) is 31.5 Å². The van der Waals surface area contributed by atoms with Crippen molar-refractivity contribution < 1.29 is 41.0 Å². The van der Waals surface area contributed by atoms with Gasteiger partial charge in [-0.05, 0) is 27.7 Å². The normalized spacial score (nSPS) is 12.0. The molecule has 1 N–H and O–H groups in total. The van der Waals surface area contributed by atoms with Gasteiger partial charge in [0.05, 0.1) is 0 Å². The summed E-state index contributed by atoms with van der Waals surface area (Å²) in [4.78, 5) is 23.4. The van der Waals surface area contributed by atoms with Crippen molar-refractivity contribution in [3.05, 3.63) is 40.9 Å². The summed E-state index contributed by atoms with van der Waals surface area (Å²) in [7, 11) is 0. The number of ether oxygens (including phenoxy) is 2. The van der Waals surface area contributed by atoms with Crippen molar-refractivity contribution in [1.82, 2.24) is 5.32 Å². The quantitative estimate of drug-likeness (QED) is 0.221. The van der Waals surface area contributed by atoms with Crippen molar-refractivity contribution >= 4 is 12.1 Å². The molecule has 1 amide bonds. The largest absolute Gasteiger partial charge is 0.444 e. The Bertz CT molecular complexity index is 711. The number of amides is 1. The molecule has 0 aromatic heterocycles. The third-order valence-corrected chi connectivity index (χ3v) is 2.51. The highest BCUT2D eigenvalue weighted by atomic mass is 19.2. The smallest absolute Gasteiger partial charge is 0.412 e. The molecule has 0 aliphatic heterocycles. The van der Waals surface area contributed by atoms with Crippen molar-refractivity contribution in [3.8, 4) is 5.75 Å². The number of carbonyl (C=O) groups is 2. The molecule has 0 bridgehead atoms. The third kappa shape index (κ3) is 4.91. The van der Waals surface area contributed by atoms with Gasteiger partial charge in [0.15, 0.2) is 0 Å². The van der Waals surface area contributed by atoms with Crippen molar-refractivity contribution in [2.75, 3.05) is 0 Å². The topological polar surface area (TPSA) is 64.6 Å². The fourth-order valence-electron chi connectivity index (χ4n) is 1.48. The van der Waals surface area contributed by atoms with E-state index < -0.39 is 58.2 Å². The Morgan fingerprint density at radius 2 is 1.36 bits per heavy atom. The van der Waals surface area contributed by atoms with Gasteiger partial charge in [-0.2, -0.15) is 8.78 Å². The molecule has 0 aliphatic rings. The Labute approximate surface area is 139 Å². The summed E-state index contributed by atoms with van der Waals surface area (Å²) in [6.07, 6.45) is -0.104. The van der Waals surface area contributed by atoms with E-state index in [0.29, 0.717) is 0 Å². The standard InChI is InChI=1S/C15H14F5NO4/c1-5-6(21-14(23)25-15(2,3)4)13(22)24-12-10(19)8(17)7(16)9(18)11(12)20/h5H,1-4H3,(H,21,23). The van der Waals surface area contributed by atoms with Crippen LogP contribution in [0.2, 0.25) is 0 Å². The molecule has 0 fully saturated rings. The van der Waals surface area contributed by atoms with Gasteiger partial charge in [0.25, 0.3) is 0 Å². The number of hydrogen-bond acceptors (Lipinski definition) is 4.